The molecule has 14 rings (SSSR count). The van der Waals surface area contributed by atoms with Crippen LogP contribution in [0.5, 0.6) is 23.0 Å². The molecule has 40 heteroatoms. The number of aromatic nitrogens is 13. The lowest BCUT2D eigenvalue weighted by atomic mass is 9.84. The highest BCUT2D eigenvalue weighted by Gasteiger charge is 2.43. The molecule has 34 nitrogen and oxygen atoms in total. The van der Waals surface area contributed by atoms with Gasteiger partial charge in [0.05, 0.1) is 62.5 Å². The van der Waals surface area contributed by atoms with Crippen molar-refractivity contribution in [1.29, 1.82) is 0 Å². The number of ether oxygens (including phenoxy) is 1. The van der Waals surface area contributed by atoms with Gasteiger partial charge in [0, 0.05) is 85.8 Å². The first-order valence-electron chi connectivity index (χ1n) is 28.8. The molecule has 8 N–H and O–H groups in total. The number of aromatic hydroxyl groups is 4. The van der Waals surface area contributed by atoms with Crippen molar-refractivity contribution in [2.75, 3.05) is 34.9 Å². The molecule has 0 saturated carbocycles. The summed E-state index contributed by atoms with van der Waals surface area (Å²) in [5.41, 5.74) is 4.40. The highest BCUT2D eigenvalue weighted by Crippen LogP contribution is 2.50. The summed E-state index contributed by atoms with van der Waals surface area (Å²) in [6.45, 7) is 8.88. The number of phenols is 3. The molecule has 0 fully saturated rings. The first-order chi connectivity index (χ1) is 48.2. The highest BCUT2D eigenvalue weighted by molar-refractivity contribution is 7.12. The summed E-state index contributed by atoms with van der Waals surface area (Å²) in [6.07, 6.45) is 11.3. The number of azo groups is 4. The van der Waals surface area contributed by atoms with Gasteiger partial charge in [-0.1, -0.05) is 12.1 Å². The first-order valence-corrected chi connectivity index (χ1v) is 31.9. The Balaban J connectivity index is 0.000000136. The zero-order valence-electron chi connectivity index (χ0n) is 52.3. The zero-order chi connectivity index (χ0) is 70.8. The van der Waals surface area contributed by atoms with Crippen LogP contribution in [-0.2, 0) is 31.0 Å². The van der Waals surface area contributed by atoms with Crippen LogP contribution >= 0.6 is 46.1 Å². The third-order valence-electron chi connectivity index (χ3n) is 14.0. The summed E-state index contributed by atoms with van der Waals surface area (Å²) in [6, 6.07) is 13.2. The standard InChI is InChI=1S/C19H17N7O2S.C18H16N6O3S.C12H9N7O3S.C11H5F2N5OS/c1-3-21-13-6-4-5-11-16(13)14(7-15(17(11)28)23-10(2)27)24-25-19-12-8-20-9-22-18(12)26-29-19;1-8(25)21-12-5-11(9-4-13(26)18(2,3)14(9)15(12)27)22-23-17-10-6-19-7-20-16(10)24-28-17;1-22-12(21)16-10-7(20)2-3-8(15-10)17-18-11-6-4-13-5-14-9(6)19-23-11;12-7-1-5(2-8(13)9(7)19)16-17-11-6-3-14-4-15-10(6)18-20-11/h4-9,21,28H,3H2,1-2H3,(H,23,27);5-7,27H,4H2,1-3H3,(H,21,25);2-5,20H,1H3,(H,15,16,21);1-4,19H. The fraction of sp³-hybridized carbons (Fsp3) is 0.150. The van der Waals surface area contributed by atoms with Gasteiger partial charge >= 0.3 is 6.09 Å². The van der Waals surface area contributed by atoms with Gasteiger partial charge in [0.25, 0.3) is 0 Å². The summed E-state index contributed by atoms with van der Waals surface area (Å²) in [4.78, 5) is 82.6. The molecular formula is C60H47F2N25O9S4. The lowest BCUT2D eigenvalue weighted by Gasteiger charge is -2.20. The van der Waals surface area contributed by atoms with Crippen molar-refractivity contribution < 1.29 is 53.1 Å². The number of anilines is 4. The number of hydrogen-bond donors (Lipinski definition) is 8. The van der Waals surface area contributed by atoms with Crippen molar-refractivity contribution in [3.05, 3.63) is 127 Å². The minimum atomic E-state index is -1.10. The Morgan fingerprint density at radius 1 is 0.570 bits per heavy atom. The summed E-state index contributed by atoms with van der Waals surface area (Å²) in [7, 11) is 1.20. The van der Waals surface area contributed by atoms with Crippen molar-refractivity contribution in [2.24, 2.45) is 40.9 Å². The fourth-order valence-corrected chi connectivity index (χ4v) is 11.9. The van der Waals surface area contributed by atoms with Gasteiger partial charge in [-0.3, -0.25) is 19.7 Å². The number of ketones is 1. The third-order valence-corrected chi connectivity index (χ3v) is 16.9. The van der Waals surface area contributed by atoms with Crippen molar-refractivity contribution in [2.45, 2.75) is 46.5 Å². The number of carbonyl (C=O) groups excluding carboxylic acids is 4. The molecule has 4 aromatic carbocycles. The Kier molecular flexibility index (Phi) is 20.7. The number of phenolic OH excluding ortho intramolecular Hbond substituents is 3. The smallest absolute Gasteiger partial charge is 0.412 e. The second-order valence-electron chi connectivity index (χ2n) is 21.0. The van der Waals surface area contributed by atoms with Crippen LogP contribution in [0.2, 0.25) is 0 Å². The quantitative estimate of drug-likeness (QED) is 0.0392. The maximum Gasteiger partial charge on any atom is 0.412 e. The summed E-state index contributed by atoms with van der Waals surface area (Å²) < 4.78 is 47.3. The summed E-state index contributed by atoms with van der Waals surface area (Å²) in [5, 5.41) is 89.6. The number of halogens is 2. The molecule has 9 heterocycles. The van der Waals surface area contributed by atoms with Crippen LogP contribution in [0.15, 0.2) is 146 Å². The van der Waals surface area contributed by atoms with E-state index in [1.165, 1.54) is 82.2 Å². The Morgan fingerprint density at radius 3 is 1.53 bits per heavy atom. The Hall–Kier alpha value is -12.7. The van der Waals surface area contributed by atoms with Crippen molar-refractivity contribution >= 4 is 190 Å². The topological polar surface area (TPSA) is 473 Å². The van der Waals surface area contributed by atoms with E-state index in [1.54, 1.807) is 44.6 Å². The second-order valence-corrected chi connectivity index (χ2v) is 24.0. The fourth-order valence-electron chi connectivity index (χ4n) is 9.36. The number of benzene rings is 4. The number of nitrogens with one attached hydrogen (secondary N) is 4. The van der Waals surface area contributed by atoms with Gasteiger partial charge in [0.1, 0.15) is 42.6 Å². The minimum Gasteiger partial charge on any atom is -0.505 e. The number of hydrogen-bond acceptors (Lipinski definition) is 35. The van der Waals surface area contributed by atoms with E-state index in [1.807, 2.05) is 19.1 Å². The van der Waals surface area contributed by atoms with Crippen LogP contribution in [0, 0.1) is 11.6 Å². The van der Waals surface area contributed by atoms with Gasteiger partial charge in [0.2, 0.25) is 11.8 Å². The van der Waals surface area contributed by atoms with E-state index >= 15 is 0 Å². The van der Waals surface area contributed by atoms with Gasteiger partial charge < -0.3 is 41.1 Å². The van der Waals surface area contributed by atoms with Crippen molar-refractivity contribution in [3.8, 4) is 23.0 Å². The molecule has 9 aromatic heterocycles. The van der Waals surface area contributed by atoms with Crippen LogP contribution in [0.3, 0.4) is 0 Å². The molecule has 0 saturated heterocycles. The first kappa shape index (κ1) is 68.7. The van der Waals surface area contributed by atoms with Gasteiger partial charge in [0.15, 0.2) is 77.4 Å². The minimum absolute atomic E-state index is 0.0226. The van der Waals surface area contributed by atoms with E-state index in [0.717, 1.165) is 52.4 Å². The number of amides is 3. The van der Waals surface area contributed by atoms with Gasteiger partial charge in [-0.2, -0.15) is 17.5 Å². The molecule has 0 unspecified atom stereocenters. The molecular weight excluding hydrogens is 1380 g/mol. The molecule has 100 heavy (non-hydrogen) atoms. The van der Waals surface area contributed by atoms with Gasteiger partial charge in [-0.15, -0.1) is 40.9 Å². The van der Waals surface area contributed by atoms with Crippen LogP contribution in [0.25, 0.3) is 54.9 Å². The zero-order valence-corrected chi connectivity index (χ0v) is 55.6. The van der Waals surface area contributed by atoms with Crippen molar-refractivity contribution in [1.82, 2.24) is 62.3 Å². The van der Waals surface area contributed by atoms with Crippen LogP contribution in [0.1, 0.15) is 45.7 Å². The molecule has 504 valence electrons. The number of Topliss-reactive ketones (excluding diaryl/α,β-unsaturated/α-hetero) is 1. The van der Waals surface area contributed by atoms with Crippen LogP contribution in [-0.4, -0.2) is 120 Å². The average molecular weight is 1430 g/mol. The van der Waals surface area contributed by atoms with Crippen LogP contribution in [0.4, 0.5) is 79.3 Å². The number of rotatable bonds is 13. The third kappa shape index (κ3) is 15.3. The number of pyridine rings is 1. The Bertz CT molecular complexity index is 5440. The number of fused-ring (bicyclic) bond motifs is 6. The van der Waals surface area contributed by atoms with E-state index in [9.17, 15) is 43.3 Å². The lowest BCUT2D eigenvalue weighted by molar-refractivity contribution is -0.121. The van der Waals surface area contributed by atoms with E-state index < -0.39 is 28.9 Å². The number of methoxy groups -OCH3 is 1. The van der Waals surface area contributed by atoms with Crippen LogP contribution < -0.4 is 21.3 Å². The Labute approximate surface area is 575 Å². The molecule has 1 aliphatic carbocycles. The molecule has 0 radical (unpaired) electrons. The average Bonchev–Trinajstić information content (AvgIpc) is 1.51. The van der Waals surface area contributed by atoms with E-state index in [-0.39, 0.29) is 70.0 Å². The highest BCUT2D eigenvalue weighted by atomic mass is 32.1. The predicted octanol–water partition coefficient (Wildman–Crippen LogP) is 14.6. The van der Waals surface area contributed by atoms with Gasteiger partial charge in [-0.05, 0) is 103 Å². The molecule has 13 aromatic rings. The SMILES string of the molecule is CC(=O)Nc1cc(N=Nc2snc3ncncc23)c2c(c1O)C(C)(C)C(=O)C2.CCNc1cccc2c(O)c(NC(C)=O)cc(N=Nc3snc4ncncc34)c12.COC(=O)Nc1nc(N=Nc2snc3ncncc23)ccc1O.Oc1c(F)cc(N=Nc2snc3ncncc23)cc1F. The number of nitrogens with zero attached hydrogens (tertiary/aromatic N) is 21. The lowest BCUT2D eigenvalue weighted by Crippen LogP contribution is -2.23. The molecule has 1 aliphatic rings. The van der Waals surface area contributed by atoms with E-state index in [4.69, 9.17) is 5.11 Å². The maximum absolute atomic E-state index is 13.1. The van der Waals surface area contributed by atoms with E-state index in [0.29, 0.717) is 104 Å². The van der Waals surface area contributed by atoms with Crippen molar-refractivity contribution in [3.63, 3.8) is 0 Å². The predicted molar refractivity (Wildman–Crippen MR) is 366 cm³/mol. The summed E-state index contributed by atoms with van der Waals surface area (Å²) >= 11 is 4.47. The van der Waals surface area contributed by atoms with Gasteiger partial charge in [-0.25, -0.2) is 58.4 Å². The summed E-state index contributed by atoms with van der Waals surface area (Å²) in [5.74, 6) is -4.16. The molecule has 0 bridgehead atoms. The Morgan fingerprint density at radius 2 is 1.04 bits per heavy atom. The molecule has 0 atom stereocenters. The largest absolute Gasteiger partial charge is 0.505 e. The van der Waals surface area contributed by atoms with E-state index in [2.05, 4.69) is 129 Å². The number of carbonyl (C=O) groups is 4. The maximum atomic E-state index is 13.1. The monoisotopic (exact) mass is 1430 g/mol. The second kappa shape index (κ2) is 30.2. The molecule has 0 aliphatic heterocycles. The molecule has 0 spiro atoms. The molecule has 3 amide bonds. The normalized spacial score (nSPS) is 12.4.